The summed E-state index contributed by atoms with van der Waals surface area (Å²) in [5.74, 6) is -0.699. The highest BCUT2D eigenvalue weighted by atomic mass is 32.2. The summed E-state index contributed by atoms with van der Waals surface area (Å²) in [4.78, 5) is 23.8. The standard InChI is InChI=1S/C18H18N2O5S/c1-25-18(22)14-8-6-13(7-9-14)17(21)19-15-4-2-5-16(12-15)20-10-3-11-26(20,23)24/h2,4-9,12H,3,10-11H2,1H3,(H,19,21). The Balaban J connectivity index is 1.76. The van der Waals surface area contributed by atoms with Crippen LogP contribution in [0.25, 0.3) is 0 Å². The molecule has 0 atom stereocenters. The molecule has 0 spiro atoms. The number of methoxy groups -OCH3 is 1. The van der Waals surface area contributed by atoms with Gasteiger partial charge in [0.25, 0.3) is 5.91 Å². The summed E-state index contributed by atoms with van der Waals surface area (Å²) < 4.78 is 30.0. The van der Waals surface area contributed by atoms with Crippen LogP contribution in [0.3, 0.4) is 0 Å². The number of carbonyl (C=O) groups excluding carboxylic acids is 2. The molecule has 1 fully saturated rings. The van der Waals surface area contributed by atoms with Crippen molar-refractivity contribution in [2.24, 2.45) is 0 Å². The molecule has 1 N–H and O–H groups in total. The SMILES string of the molecule is COC(=O)c1ccc(C(=O)Nc2cccc(N3CCCS3(=O)=O)c2)cc1. The van der Waals surface area contributed by atoms with Gasteiger partial charge < -0.3 is 10.1 Å². The largest absolute Gasteiger partial charge is 0.465 e. The number of amides is 1. The Kier molecular flexibility index (Phi) is 4.94. The maximum atomic E-state index is 12.4. The Morgan fingerprint density at radius 2 is 1.77 bits per heavy atom. The van der Waals surface area contributed by atoms with E-state index in [9.17, 15) is 18.0 Å². The predicted molar refractivity (Wildman–Crippen MR) is 97.9 cm³/mol. The fraction of sp³-hybridized carbons (Fsp3) is 0.222. The van der Waals surface area contributed by atoms with Gasteiger partial charge in [-0.2, -0.15) is 0 Å². The van der Waals surface area contributed by atoms with E-state index in [-0.39, 0.29) is 11.7 Å². The van der Waals surface area contributed by atoms with Crippen LogP contribution in [0.15, 0.2) is 48.5 Å². The summed E-state index contributed by atoms with van der Waals surface area (Å²) >= 11 is 0. The molecule has 26 heavy (non-hydrogen) atoms. The van der Waals surface area contributed by atoms with Crippen molar-refractivity contribution >= 4 is 33.3 Å². The van der Waals surface area contributed by atoms with E-state index < -0.39 is 16.0 Å². The molecule has 136 valence electrons. The third-order valence-corrected chi connectivity index (χ3v) is 5.93. The van der Waals surface area contributed by atoms with Gasteiger partial charge in [-0.25, -0.2) is 13.2 Å². The highest BCUT2D eigenvalue weighted by Gasteiger charge is 2.28. The fourth-order valence-electron chi connectivity index (χ4n) is 2.75. The van der Waals surface area contributed by atoms with Gasteiger partial charge in [-0.1, -0.05) is 6.07 Å². The van der Waals surface area contributed by atoms with E-state index in [0.29, 0.717) is 35.5 Å². The van der Waals surface area contributed by atoms with Gasteiger partial charge in [-0.15, -0.1) is 0 Å². The number of anilines is 2. The topological polar surface area (TPSA) is 92.8 Å². The highest BCUT2D eigenvalue weighted by Crippen LogP contribution is 2.26. The molecule has 0 aromatic heterocycles. The highest BCUT2D eigenvalue weighted by molar-refractivity contribution is 7.93. The Morgan fingerprint density at radius 3 is 2.38 bits per heavy atom. The summed E-state index contributed by atoms with van der Waals surface area (Å²) in [5, 5.41) is 2.74. The second kappa shape index (κ2) is 7.17. The minimum atomic E-state index is -3.28. The van der Waals surface area contributed by atoms with E-state index >= 15 is 0 Å². The Labute approximate surface area is 151 Å². The number of hydrogen-bond acceptors (Lipinski definition) is 5. The smallest absolute Gasteiger partial charge is 0.337 e. The number of rotatable bonds is 4. The van der Waals surface area contributed by atoms with Gasteiger partial charge in [0.2, 0.25) is 10.0 Å². The lowest BCUT2D eigenvalue weighted by Crippen LogP contribution is -2.25. The van der Waals surface area contributed by atoms with E-state index in [2.05, 4.69) is 10.1 Å². The molecular weight excluding hydrogens is 356 g/mol. The number of benzene rings is 2. The quantitative estimate of drug-likeness (QED) is 0.829. The van der Waals surface area contributed by atoms with Crippen LogP contribution >= 0.6 is 0 Å². The second-order valence-corrected chi connectivity index (χ2v) is 7.83. The average Bonchev–Trinajstić information content (AvgIpc) is 3.00. The maximum Gasteiger partial charge on any atom is 0.337 e. The zero-order valence-electron chi connectivity index (χ0n) is 14.1. The fourth-order valence-corrected chi connectivity index (χ4v) is 4.30. The maximum absolute atomic E-state index is 12.4. The molecule has 1 heterocycles. The number of ether oxygens (including phenoxy) is 1. The second-order valence-electron chi connectivity index (χ2n) is 5.82. The summed E-state index contributed by atoms with van der Waals surface area (Å²) in [5.41, 5.74) is 1.75. The van der Waals surface area contributed by atoms with Crippen molar-refractivity contribution in [1.82, 2.24) is 0 Å². The van der Waals surface area contributed by atoms with Crippen LogP contribution in [0.1, 0.15) is 27.1 Å². The van der Waals surface area contributed by atoms with Gasteiger partial charge in [-0.05, 0) is 48.9 Å². The van der Waals surface area contributed by atoms with Gasteiger partial charge in [-0.3, -0.25) is 9.10 Å². The molecule has 1 amide bonds. The monoisotopic (exact) mass is 374 g/mol. The van der Waals surface area contributed by atoms with Crippen LogP contribution in [0.4, 0.5) is 11.4 Å². The number of nitrogens with one attached hydrogen (secondary N) is 1. The first-order valence-electron chi connectivity index (χ1n) is 8.01. The normalized spacial score (nSPS) is 15.5. The van der Waals surface area contributed by atoms with E-state index in [1.54, 1.807) is 24.3 Å². The Bertz CT molecular complexity index is 938. The Hall–Kier alpha value is -2.87. The molecule has 3 rings (SSSR count). The van der Waals surface area contributed by atoms with E-state index in [0.717, 1.165) is 0 Å². The lowest BCUT2D eigenvalue weighted by atomic mass is 10.1. The minimum absolute atomic E-state index is 0.135. The van der Waals surface area contributed by atoms with Gasteiger partial charge in [0.1, 0.15) is 0 Å². The molecule has 1 saturated heterocycles. The summed E-state index contributed by atoms with van der Waals surface area (Å²) in [6.45, 7) is 0.439. The van der Waals surface area contributed by atoms with Crippen molar-refractivity contribution in [3.05, 3.63) is 59.7 Å². The van der Waals surface area contributed by atoms with Crippen LogP contribution < -0.4 is 9.62 Å². The first kappa shape index (κ1) is 17.9. The van der Waals surface area contributed by atoms with Crippen LogP contribution in [0.2, 0.25) is 0 Å². The molecule has 1 aliphatic rings. The molecule has 0 bridgehead atoms. The van der Waals surface area contributed by atoms with Crippen molar-refractivity contribution < 1.29 is 22.7 Å². The van der Waals surface area contributed by atoms with Gasteiger partial charge in [0, 0.05) is 17.8 Å². The van der Waals surface area contributed by atoms with Crippen molar-refractivity contribution in [3.8, 4) is 0 Å². The molecule has 1 aliphatic heterocycles. The third kappa shape index (κ3) is 3.70. The zero-order chi connectivity index (χ0) is 18.7. The van der Waals surface area contributed by atoms with E-state index in [1.165, 1.54) is 35.7 Å². The van der Waals surface area contributed by atoms with Crippen molar-refractivity contribution in [2.45, 2.75) is 6.42 Å². The Morgan fingerprint density at radius 1 is 1.08 bits per heavy atom. The molecule has 0 radical (unpaired) electrons. The van der Waals surface area contributed by atoms with Crippen molar-refractivity contribution in [2.75, 3.05) is 29.0 Å². The minimum Gasteiger partial charge on any atom is -0.465 e. The third-order valence-electron chi connectivity index (χ3n) is 4.06. The number of esters is 1. The first-order valence-corrected chi connectivity index (χ1v) is 9.62. The van der Waals surface area contributed by atoms with Crippen LogP contribution in [0.5, 0.6) is 0 Å². The molecule has 2 aromatic rings. The summed E-state index contributed by atoms with van der Waals surface area (Å²) in [7, 11) is -1.99. The van der Waals surface area contributed by atoms with Gasteiger partial charge >= 0.3 is 5.97 Å². The van der Waals surface area contributed by atoms with Gasteiger partial charge in [0.15, 0.2) is 0 Å². The molecule has 0 saturated carbocycles. The van der Waals surface area contributed by atoms with Crippen LogP contribution in [-0.2, 0) is 14.8 Å². The summed E-state index contributed by atoms with van der Waals surface area (Å²) in [6, 6.07) is 12.8. The molecule has 2 aromatic carbocycles. The molecule has 7 nitrogen and oxygen atoms in total. The number of sulfonamides is 1. The average molecular weight is 374 g/mol. The molecule has 0 aliphatic carbocycles. The van der Waals surface area contributed by atoms with Gasteiger partial charge in [0.05, 0.1) is 24.1 Å². The van der Waals surface area contributed by atoms with E-state index in [4.69, 9.17) is 0 Å². The van der Waals surface area contributed by atoms with Crippen molar-refractivity contribution in [1.29, 1.82) is 0 Å². The number of nitrogens with zero attached hydrogens (tertiary/aromatic N) is 1. The zero-order valence-corrected chi connectivity index (χ0v) is 15.0. The van der Waals surface area contributed by atoms with Crippen LogP contribution in [-0.4, -0.2) is 39.7 Å². The molecule has 0 unspecified atom stereocenters. The summed E-state index contributed by atoms with van der Waals surface area (Å²) in [6.07, 6.45) is 0.589. The lowest BCUT2D eigenvalue weighted by molar-refractivity contribution is 0.0600. The van der Waals surface area contributed by atoms with Crippen LogP contribution in [0, 0.1) is 0 Å². The van der Waals surface area contributed by atoms with E-state index in [1.807, 2.05) is 0 Å². The number of hydrogen-bond donors (Lipinski definition) is 1. The molecular formula is C18H18N2O5S. The predicted octanol–water partition coefficient (Wildman–Crippen LogP) is 2.27. The van der Waals surface area contributed by atoms with Crippen molar-refractivity contribution in [3.63, 3.8) is 0 Å². The first-order chi connectivity index (χ1) is 12.4. The molecule has 8 heteroatoms. The lowest BCUT2D eigenvalue weighted by Gasteiger charge is -2.17. The number of carbonyl (C=O) groups is 2.